The number of methoxy groups -OCH3 is 1. The molecule has 54 heavy (non-hydrogen) atoms. The lowest BCUT2D eigenvalue weighted by Gasteiger charge is -2.37. The van der Waals surface area contributed by atoms with E-state index in [1.807, 2.05) is 140 Å². The highest BCUT2D eigenvalue weighted by Crippen LogP contribution is 2.44. The first-order valence-electron chi connectivity index (χ1n) is 17.9. The molecule has 8 heteroatoms. The van der Waals surface area contributed by atoms with Crippen molar-refractivity contribution in [3.8, 4) is 11.1 Å². The van der Waals surface area contributed by atoms with Gasteiger partial charge in [0.25, 0.3) is 0 Å². The van der Waals surface area contributed by atoms with Crippen molar-refractivity contribution in [2.45, 2.75) is 30.5 Å². The highest BCUT2D eigenvalue weighted by Gasteiger charge is 2.39. The summed E-state index contributed by atoms with van der Waals surface area (Å²) >= 11 is 0. The van der Waals surface area contributed by atoms with Crippen molar-refractivity contribution >= 4 is 23.6 Å². The summed E-state index contributed by atoms with van der Waals surface area (Å²) < 4.78 is 11.0. The summed E-state index contributed by atoms with van der Waals surface area (Å²) in [5, 5.41) is 8.89. The number of nitrogens with one attached hydrogen (secondary N) is 3. The molecular weight excluding hydrogens is 675 g/mol. The Morgan fingerprint density at radius 1 is 0.630 bits per heavy atom. The fourth-order valence-electron chi connectivity index (χ4n) is 7.30. The van der Waals surface area contributed by atoms with Gasteiger partial charge in [0.05, 0.1) is 13.0 Å². The van der Waals surface area contributed by atoms with Crippen LogP contribution < -0.4 is 16.0 Å². The van der Waals surface area contributed by atoms with Gasteiger partial charge in [-0.15, -0.1) is 0 Å². The topological polar surface area (TPSA) is 106 Å². The summed E-state index contributed by atoms with van der Waals surface area (Å²) in [4.78, 5) is 41.9. The fraction of sp³-hybridized carbons (Fsp3) is 0.152. The molecule has 0 aliphatic heterocycles. The number of amides is 3. The Morgan fingerprint density at radius 2 is 1.11 bits per heavy atom. The first-order valence-corrected chi connectivity index (χ1v) is 17.9. The molecule has 7 rings (SSSR count). The first kappa shape index (κ1) is 35.9. The molecule has 1 aliphatic rings. The summed E-state index contributed by atoms with van der Waals surface area (Å²) in [6, 6.07) is 51.2. The third kappa shape index (κ3) is 7.65. The maximum absolute atomic E-state index is 14.4. The van der Waals surface area contributed by atoms with Crippen LogP contribution in [0.15, 0.2) is 164 Å². The van der Waals surface area contributed by atoms with E-state index < -0.39 is 29.5 Å². The van der Waals surface area contributed by atoms with E-state index in [1.54, 1.807) is 19.2 Å². The molecule has 0 fully saturated rings. The predicted molar refractivity (Wildman–Crippen MR) is 210 cm³/mol. The molecule has 8 nitrogen and oxygen atoms in total. The molecular formula is C46H41N3O5. The number of rotatable bonds is 13. The lowest BCUT2D eigenvalue weighted by molar-refractivity contribution is -0.126. The van der Waals surface area contributed by atoms with Gasteiger partial charge in [0.15, 0.2) is 0 Å². The third-order valence-corrected chi connectivity index (χ3v) is 9.82. The Bertz CT molecular complexity index is 2070. The van der Waals surface area contributed by atoms with Gasteiger partial charge >= 0.3 is 6.09 Å². The average molecular weight is 716 g/mol. The second-order valence-electron chi connectivity index (χ2n) is 13.2. The molecule has 0 bridgehead atoms. The number of fused-ring (bicyclic) bond motifs is 3. The quantitative estimate of drug-likeness (QED) is 0.105. The van der Waals surface area contributed by atoms with Crippen molar-refractivity contribution in [3.05, 3.63) is 197 Å². The summed E-state index contributed by atoms with van der Waals surface area (Å²) in [7, 11) is 1.61. The van der Waals surface area contributed by atoms with E-state index in [0.29, 0.717) is 12.3 Å². The van der Waals surface area contributed by atoms with Gasteiger partial charge in [-0.2, -0.15) is 0 Å². The minimum Gasteiger partial charge on any atom is -0.449 e. The van der Waals surface area contributed by atoms with Gasteiger partial charge in [-0.3, -0.25) is 9.59 Å². The Hall–Kier alpha value is -6.51. The standard InChI is InChI=1S/C46H41N3O5/c1-53-30-32-25-27-36(28-26-32)47-44(51)42(48-45(52)54-31-41-39-23-13-11-21-37(39)38-22-12-14-24-40(38)41)29-43(50)49-46(33-15-5-2-6-16-33,34-17-7-3-8-18-34)35-19-9-4-10-20-35/h2-28,41-42H,29-31H2,1H3,(H,47,51)(H,48,52)(H,49,50)/t42-/m0/s1. The van der Waals surface area contributed by atoms with Crippen LogP contribution in [0.4, 0.5) is 10.5 Å². The Balaban J connectivity index is 1.16. The molecule has 3 N–H and O–H groups in total. The second-order valence-corrected chi connectivity index (χ2v) is 13.2. The zero-order valence-corrected chi connectivity index (χ0v) is 29.9. The van der Waals surface area contributed by atoms with Gasteiger partial charge in [0.1, 0.15) is 18.2 Å². The molecule has 1 aliphatic carbocycles. The number of ether oxygens (including phenoxy) is 2. The van der Waals surface area contributed by atoms with Gasteiger partial charge in [-0.05, 0) is 56.6 Å². The van der Waals surface area contributed by atoms with E-state index in [2.05, 4.69) is 28.1 Å². The van der Waals surface area contributed by atoms with E-state index in [-0.39, 0.29) is 18.9 Å². The van der Waals surface area contributed by atoms with Crippen molar-refractivity contribution in [2.24, 2.45) is 0 Å². The Morgan fingerprint density at radius 3 is 1.61 bits per heavy atom. The monoisotopic (exact) mass is 715 g/mol. The van der Waals surface area contributed by atoms with Gasteiger partial charge in [-0.1, -0.05) is 152 Å². The van der Waals surface area contributed by atoms with Crippen molar-refractivity contribution in [2.75, 3.05) is 19.0 Å². The third-order valence-electron chi connectivity index (χ3n) is 9.82. The predicted octanol–water partition coefficient (Wildman–Crippen LogP) is 8.18. The van der Waals surface area contributed by atoms with E-state index in [9.17, 15) is 14.4 Å². The van der Waals surface area contributed by atoms with Crippen LogP contribution in [-0.2, 0) is 31.2 Å². The van der Waals surface area contributed by atoms with Crippen LogP contribution in [0.2, 0.25) is 0 Å². The fourth-order valence-corrected chi connectivity index (χ4v) is 7.30. The van der Waals surface area contributed by atoms with Gasteiger partial charge in [-0.25, -0.2) is 4.79 Å². The van der Waals surface area contributed by atoms with E-state index in [1.165, 1.54) is 0 Å². The van der Waals surface area contributed by atoms with Crippen molar-refractivity contribution in [3.63, 3.8) is 0 Å². The highest BCUT2D eigenvalue weighted by atomic mass is 16.5. The summed E-state index contributed by atoms with van der Waals surface area (Å²) in [6.45, 7) is 0.479. The minimum atomic E-state index is -1.28. The molecule has 3 amide bonds. The molecule has 6 aromatic carbocycles. The molecule has 6 aromatic rings. The van der Waals surface area contributed by atoms with Crippen molar-refractivity contribution in [1.82, 2.24) is 10.6 Å². The smallest absolute Gasteiger partial charge is 0.407 e. The molecule has 0 saturated carbocycles. The zero-order valence-electron chi connectivity index (χ0n) is 29.9. The van der Waals surface area contributed by atoms with Crippen molar-refractivity contribution in [1.29, 1.82) is 0 Å². The SMILES string of the molecule is COCc1ccc(NC(=O)[C@H](CC(=O)NC(c2ccccc2)(c2ccccc2)c2ccccc2)NC(=O)OCC2c3ccccc3-c3ccccc32)cc1. The van der Waals surface area contributed by atoms with Gasteiger partial charge in [0.2, 0.25) is 11.8 Å². The number of anilines is 1. The number of hydrogen-bond donors (Lipinski definition) is 3. The molecule has 0 radical (unpaired) electrons. The number of hydrogen-bond acceptors (Lipinski definition) is 5. The molecule has 0 heterocycles. The molecule has 1 atom stereocenters. The number of alkyl carbamates (subject to hydrolysis) is 1. The Labute approximate surface area is 315 Å². The number of carbonyl (C=O) groups is 3. The van der Waals surface area contributed by atoms with Crippen molar-refractivity contribution < 1.29 is 23.9 Å². The largest absolute Gasteiger partial charge is 0.449 e. The number of benzene rings is 6. The van der Waals surface area contributed by atoms with Gasteiger partial charge in [0, 0.05) is 18.7 Å². The summed E-state index contributed by atoms with van der Waals surface area (Å²) in [5.41, 5.74) is 7.16. The average Bonchev–Trinajstić information content (AvgIpc) is 3.54. The van der Waals surface area contributed by atoms with Gasteiger partial charge < -0.3 is 25.4 Å². The van der Waals surface area contributed by atoms with E-state index in [0.717, 1.165) is 44.5 Å². The summed E-state index contributed by atoms with van der Waals surface area (Å²) in [5.74, 6) is -1.20. The van der Waals surface area contributed by atoms with Crippen LogP contribution in [0.5, 0.6) is 0 Å². The van der Waals surface area contributed by atoms with Crippen LogP contribution in [0, 0.1) is 0 Å². The maximum Gasteiger partial charge on any atom is 0.407 e. The molecule has 0 unspecified atom stereocenters. The minimum absolute atomic E-state index is 0.0560. The normalized spacial score (nSPS) is 12.5. The molecule has 0 spiro atoms. The summed E-state index contributed by atoms with van der Waals surface area (Å²) in [6.07, 6.45) is -1.17. The van der Waals surface area contributed by atoms with Crippen LogP contribution >= 0.6 is 0 Å². The lowest BCUT2D eigenvalue weighted by atomic mass is 9.77. The van der Waals surface area contributed by atoms with E-state index >= 15 is 0 Å². The van der Waals surface area contributed by atoms with Crippen LogP contribution in [-0.4, -0.2) is 37.7 Å². The van der Waals surface area contributed by atoms with Crippen LogP contribution in [0.25, 0.3) is 11.1 Å². The van der Waals surface area contributed by atoms with Crippen LogP contribution in [0.1, 0.15) is 45.7 Å². The van der Waals surface area contributed by atoms with E-state index in [4.69, 9.17) is 9.47 Å². The Kier molecular flexibility index (Phi) is 10.9. The zero-order chi connectivity index (χ0) is 37.3. The second kappa shape index (κ2) is 16.4. The molecule has 270 valence electrons. The van der Waals surface area contributed by atoms with Crippen LogP contribution in [0.3, 0.4) is 0 Å². The molecule has 0 aromatic heterocycles. The number of carbonyl (C=O) groups excluding carboxylic acids is 3. The lowest BCUT2D eigenvalue weighted by Crippen LogP contribution is -2.52. The molecule has 0 saturated heterocycles. The first-order chi connectivity index (χ1) is 26.5. The highest BCUT2D eigenvalue weighted by molar-refractivity contribution is 5.99. The maximum atomic E-state index is 14.4.